The van der Waals surface area contributed by atoms with Crippen molar-refractivity contribution in [3.05, 3.63) is 125 Å². The number of ketones is 3. The minimum Gasteiger partial charge on any atom is -0.382 e. The van der Waals surface area contributed by atoms with Crippen LogP contribution in [0.5, 0.6) is 0 Å². The van der Waals surface area contributed by atoms with Crippen molar-refractivity contribution in [2.24, 2.45) is 0 Å². The van der Waals surface area contributed by atoms with Crippen molar-refractivity contribution < 1.29 is 34.4 Å². The van der Waals surface area contributed by atoms with E-state index in [1.54, 1.807) is 54.6 Å². The van der Waals surface area contributed by atoms with E-state index in [1.807, 2.05) is 0 Å². The molecule has 3 heterocycles. The molecule has 1 aliphatic heterocycles. The SMILES string of the molecule is CC[C@@]1(O)[C@@](O)(C(=O)c2ccccc2)[C@@H](C(O)C(=O)c2ccccc2)O[C@@]1(C(=O)c1ccccc1)n1cnc2c(Cl)ncnc21. The van der Waals surface area contributed by atoms with E-state index in [-0.39, 0.29) is 33.0 Å². The zero-order chi connectivity index (χ0) is 32.0. The Morgan fingerprint density at radius 2 is 1.38 bits per heavy atom. The molecule has 5 aromatic rings. The number of hydrogen-bond donors (Lipinski definition) is 3. The lowest BCUT2D eigenvalue weighted by Crippen LogP contribution is -2.70. The van der Waals surface area contributed by atoms with E-state index in [9.17, 15) is 29.7 Å². The van der Waals surface area contributed by atoms with Crippen molar-refractivity contribution in [3.63, 3.8) is 0 Å². The van der Waals surface area contributed by atoms with Gasteiger partial charge in [-0.25, -0.2) is 15.0 Å². The molecule has 0 spiro atoms. The van der Waals surface area contributed by atoms with Gasteiger partial charge in [0.1, 0.15) is 30.4 Å². The van der Waals surface area contributed by atoms with Crippen LogP contribution in [0.25, 0.3) is 11.2 Å². The molecule has 12 heteroatoms. The number of aromatic nitrogens is 4. The van der Waals surface area contributed by atoms with Crippen LogP contribution in [0.1, 0.15) is 44.4 Å². The lowest BCUT2D eigenvalue weighted by Gasteiger charge is -2.44. The number of carbonyl (C=O) groups excluding carboxylic acids is 3. The highest BCUT2D eigenvalue weighted by Crippen LogP contribution is 2.56. The first-order valence-electron chi connectivity index (χ1n) is 14.1. The molecule has 0 radical (unpaired) electrons. The standard InChI is InChI=1S/C33H27ClN4O7/c1-2-31(43)32(44,26(41)21-14-8-4-9-15-21)28(25(40)24(39)20-12-6-3-7-13-20)45-33(31,27(42)22-16-10-5-11-17-22)38-19-37-23-29(34)35-18-36-30(23)38/h3-19,25,28,40,43-44H,2H2,1H3/t25?,28-,31-,32-,33-/m1/s1. The summed E-state index contributed by atoms with van der Waals surface area (Å²) in [6.07, 6.45) is -2.67. The number of aliphatic hydroxyl groups is 3. The predicted molar refractivity (Wildman–Crippen MR) is 162 cm³/mol. The summed E-state index contributed by atoms with van der Waals surface area (Å²) < 4.78 is 7.47. The molecule has 3 aromatic carbocycles. The first-order chi connectivity index (χ1) is 21.6. The maximum absolute atomic E-state index is 14.8. The van der Waals surface area contributed by atoms with Crippen molar-refractivity contribution in [1.29, 1.82) is 0 Å². The highest BCUT2D eigenvalue weighted by atomic mass is 35.5. The zero-order valence-corrected chi connectivity index (χ0v) is 24.6. The molecule has 6 rings (SSSR count). The number of Topliss-reactive ketones (excluding diaryl/α,β-unsaturated/α-hetero) is 3. The van der Waals surface area contributed by atoms with Crippen LogP contribution in [0.2, 0.25) is 5.15 Å². The van der Waals surface area contributed by atoms with Crippen LogP contribution in [0.15, 0.2) is 104 Å². The average Bonchev–Trinajstić information content (AvgIpc) is 3.62. The van der Waals surface area contributed by atoms with Gasteiger partial charge in [-0.1, -0.05) is 110 Å². The molecular formula is C33H27ClN4O7. The van der Waals surface area contributed by atoms with Gasteiger partial charge in [0.2, 0.25) is 11.5 Å². The van der Waals surface area contributed by atoms with E-state index in [4.69, 9.17) is 16.3 Å². The predicted octanol–water partition coefficient (Wildman–Crippen LogP) is 3.41. The van der Waals surface area contributed by atoms with E-state index in [2.05, 4.69) is 15.0 Å². The Morgan fingerprint density at radius 1 is 0.844 bits per heavy atom. The molecule has 11 nitrogen and oxygen atoms in total. The van der Waals surface area contributed by atoms with Gasteiger partial charge in [0.25, 0.3) is 0 Å². The van der Waals surface area contributed by atoms with Crippen molar-refractivity contribution in [2.75, 3.05) is 0 Å². The Labute approximate surface area is 261 Å². The first-order valence-corrected chi connectivity index (χ1v) is 14.4. The van der Waals surface area contributed by atoms with E-state index in [0.29, 0.717) is 0 Å². The monoisotopic (exact) mass is 626 g/mol. The maximum Gasteiger partial charge on any atom is 0.245 e. The number of ether oxygens (including phenoxy) is 1. The fraction of sp³-hybridized carbons (Fsp3) is 0.212. The molecule has 228 valence electrons. The number of fused-ring (bicyclic) bond motifs is 1. The van der Waals surface area contributed by atoms with E-state index in [0.717, 1.165) is 17.2 Å². The molecule has 45 heavy (non-hydrogen) atoms. The number of hydrogen-bond acceptors (Lipinski definition) is 10. The van der Waals surface area contributed by atoms with Crippen molar-refractivity contribution >= 4 is 40.1 Å². The third-order valence-electron chi connectivity index (χ3n) is 8.38. The quantitative estimate of drug-likeness (QED) is 0.163. The normalized spacial score (nSPS) is 25.2. The molecule has 0 amide bonds. The number of rotatable bonds is 9. The molecule has 5 atom stereocenters. The number of halogens is 1. The fourth-order valence-corrected chi connectivity index (χ4v) is 6.31. The number of imidazole rings is 1. The van der Waals surface area contributed by atoms with Gasteiger partial charge >= 0.3 is 0 Å². The minimum absolute atomic E-state index is 0.0189. The second-order valence-corrected chi connectivity index (χ2v) is 11.0. The molecule has 1 aliphatic rings. The lowest BCUT2D eigenvalue weighted by molar-refractivity contribution is -0.173. The van der Waals surface area contributed by atoms with Gasteiger partial charge in [-0.15, -0.1) is 0 Å². The third-order valence-corrected chi connectivity index (χ3v) is 8.66. The summed E-state index contributed by atoms with van der Waals surface area (Å²) in [5, 5.41) is 37.2. The lowest BCUT2D eigenvalue weighted by atomic mass is 9.66. The molecule has 0 bridgehead atoms. The fourth-order valence-electron chi connectivity index (χ4n) is 6.13. The van der Waals surface area contributed by atoms with Crippen molar-refractivity contribution in [3.8, 4) is 0 Å². The molecule has 3 N–H and O–H groups in total. The Kier molecular flexibility index (Phi) is 7.67. The summed E-state index contributed by atoms with van der Waals surface area (Å²) in [5.41, 5.74) is -8.72. The Morgan fingerprint density at radius 3 is 1.93 bits per heavy atom. The maximum atomic E-state index is 14.8. The molecular weight excluding hydrogens is 600 g/mol. The van der Waals surface area contributed by atoms with Crippen LogP contribution in [-0.4, -0.2) is 75.6 Å². The van der Waals surface area contributed by atoms with Crippen LogP contribution in [0.3, 0.4) is 0 Å². The van der Waals surface area contributed by atoms with Crippen molar-refractivity contribution in [1.82, 2.24) is 19.5 Å². The average molecular weight is 627 g/mol. The first kappa shape index (κ1) is 30.4. The molecule has 1 saturated heterocycles. The molecule has 1 fully saturated rings. The van der Waals surface area contributed by atoms with Gasteiger partial charge in [0.05, 0.1) is 0 Å². The van der Waals surface area contributed by atoms with Gasteiger partial charge in [-0.05, 0) is 6.42 Å². The van der Waals surface area contributed by atoms with E-state index >= 15 is 0 Å². The third kappa shape index (κ3) is 4.35. The summed E-state index contributed by atoms with van der Waals surface area (Å²) >= 11 is 6.30. The van der Waals surface area contributed by atoms with Crippen LogP contribution >= 0.6 is 11.6 Å². The van der Waals surface area contributed by atoms with Gasteiger partial charge < -0.3 is 20.1 Å². The summed E-state index contributed by atoms with van der Waals surface area (Å²) in [5.74, 6) is -2.91. The second kappa shape index (κ2) is 11.4. The number of benzene rings is 3. The Balaban J connectivity index is 1.68. The van der Waals surface area contributed by atoms with Crippen LogP contribution in [-0.2, 0) is 10.5 Å². The zero-order valence-electron chi connectivity index (χ0n) is 23.8. The Hall–Kier alpha value is -4.65. The summed E-state index contributed by atoms with van der Waals surface area (Å²) in [4.78, 5) is 55.4. The van der Waals surface area contributed by atoms with Crippen LogP contribution in [0.4, 0.5) is 0 Å². The van der Waals surface area contributed by atoms with Crippen LogP contribution in [0, 0.1) is 0 Å². The van der Waals surface area contributed by atoms with Gasteiger partial charge in [-0.3, -0.25) is 19.0 Å². The number of carbonyl (C=O) groups is 3. The number of nitrogens with zero attached hydrogens (tertiary/aromatic N) is 4. The topological polar surface area (TPSA) is 165 Å². The van der Waals surface area contributed by atoms with Crippen molar-refractivity contribution in [2.45, 2.75) is 42.5 Å². The van der Waals surface area contributed by atoms with Crippen LogP contribution < -0.4 is 0 Å². The molecule has 0 saturated carbocycles. The summed E-state index contributed by atoms with van der Waals surface area (Å²) in [6, 6.07) is 23.0. The summed E-state index contributed by atoms with van der Waals surface area (Å²) in [6.45, 7) is 1.44. The highest BCUT2D eigenvalue weighted by molar-refractivity contribution is 6.33. The van der Waals surface area contributed by atoms with Gasteiger partial charge in [0, 0.05) is 16.7 Å². The van der Waals surface area contributed by atoms with E-state index in [1.165, 1.54) is 43.3 Å². The molecule has 1 unspecified atom stereocenters. The second-order valence-electron chi connectivity index (χ2n) is 10.7. The van der Waals surface area contributed by atoms with Gasteiger partial charge in [-0.2, -0.15) is 0 Å². The molecule has 0 aliphatic carbocycles. The summed E-state index contributed by atoms with van der Waals surface area (Å²) in [7, 11) is 0. The number of aliphatic hydroxyl groups excluding tert-OH is 1. The minimum atomic E-state index is -3.09. The largest absolute Gasteiger partial charge is 0.382 e. The molecule has 2 aromatic heterocycles. The smallest absolute Gasteiger partial charge is 0.245 e. The van der Waals surface area contributed by atoms with E-state index < -0.39 is 52.9 Å². The Bertz CT molecular complexity index is 1910. The van der Waals surface area contributed by atoms with Gasteiger partial charge in [0.15, 0.2) is 33.6 Å². The highest BCUT2D eigenvalue weighted by Gasteiger charge is 2.80.